The van der Waals surface area contributed by atoms with E-state index in [1.54, 1.807) is 12.1 Å². The number of aromatic nitrogens is 2. The van der Waals surface area contributed by atoms with Gasteiger partial charge in [0.1, 0.15) is 6.33 Å². The van der Waals surface area contributed by atoms with E-state index < -0.39 is 0 Å². The molecule has 1 atom stereocenters. The Labute approximate surface area is 115 Å². The van der Waals surface area contributed by atoms with Gasteiger partial charge in [-0.15, -0.1) is 0 Å². The van der Waals surface area contributed by atoms with E-state index in [1.807, 2.05) is 6.92 Å². The van der Waals surface area contributed by atoms with E-state index in [2.05, 4.69) is 15.3 Å². The number of rotatable bonds is 3. The molecule has 20 heavy (non-hydrogen) atoms. The highest BCUT2D eigenvalue weighted by Crippen LogP contribution is 2.34. The third-order valence-corrected chi connectivity index (χ3v) is 3.20. The Morgan fingerprint density at radius 1 is 1.45 bits per heavy atom. The Hall–Kier alpha value is -2.21. The standard InChI is InChI=1S/C14H14FN3O2/c1-8-4-10-11(18-8)2-3-12(14(10)15)20-13-5-9(6-19)16-7-17-13/h2-3,5,7-8,18-19H,4,6H2,1H3. The van der Waals surface area contributed by atoms with E-state index >= 15 is 0 Å². The first-order valence-electron chi connectivity index (χ1n) is 6.35. The quantitative estimate of drug-likeness (QED) is 0.899. The van der Waals surface area contributed by atoms with Crippen molar-refractivity contribution in [3.8, 4) is 11.6 Å². The maximum absolute atomic E-state index is 14.4. The van der Waals surface area contributed by atoms with E-state index in [1.165, 1.54) is 12.4 Å². The molecule has 0 aliphatic carbocycles. The van der Waals surface area contributed by atoms with Crippen LogP contribution in [-0.2, 0) is 13.0 Å². The second-order valence-corrected chi connectivity index (χ2v) is 4.76. The van der Waals surface area contributed by atoms with Gasteiger partial charge in [0.2, 0.25) is 5.88 Å². The lowest BCUT2D eigenvalue weighted by atomic mass is 10.1. The van der Waals surface area contributed by atoms with Gasteiger partial charge in [0.15, 0.2) is 11.6 Å². The maximum atomic E-state index is 14.4. The van der Waals surface area contributed by atoms with Gasteiger partial charge in [-0.05, 0) is 25.5 Å². The lowest BCUT2D eigenvalue weighted by Crippen LogP contribution is -2.08. The number of aliphatic hydroxyl groups is 1. The molecule has 6 heteroatoms. The van der Waals surface area contributed by atoms with Crippen molar-refractivity contribution in [3.05, 3.63) is 41.6 Å². The molecule has 1 aromatic carbocycles. The number of fused-ring (bicyclic) bond motifs is 1. The van der Waals surface area contributed by atoms with Crippen LogP contribution in [0, 0.1) is 5.82 Å². The first kappa shape index (κ1) is 12.8. The second kappa shape index (κ2) is 5.05. The minimum absolute atomic E-state index is 0.127. The normalized spacial score (nSPS) is 16.6. The molecule has 2 N–H and O–H groups in total. The Morgan fingerprint density at radius 3 is 3.10 bits per heavy atom. The summed E-state index contributed by atoms with van der Waals surface area (Å²) < 4.78 is 19.8. The lowest BCUT2D eigenvalue weighted by molar-refractivity contribution is 0.275. The van der Waals surface area contributed by atoms with Gasteiger partial charge in [0.05, 0.1) is 12.3 Å². The summed E-state index contributed by atoms with van der Waals surface area (Å²) in [5.41, 5.74) is 1.86. The van der Waals surface area contributed by atoms with Crippen LogP contribution in [0.15, 0.2) is 24.5 Å². The second-order valence-electron chi connectivity index (χ2n) is 4.76. The molecule has 2 aromatic rings. The summed E-state index contributed by atoms with van der Waals surface area (Å²) in [5, 5.41) is 12.2. The maximum Gasteiger partial charge on any atom is 0.222 e. The number of hydrogen-bond acceptors (Lipinski definition) is 5. The molecule has 104 valence electrons. The fourth-order valence-electron chi connectivity index (χ4n) is 2.27. The molecule has 1 unspecified atom stereocenters. The molecule has 3 rings (SSSR count). The number of ether oxygens (including phenoxy) is 1. The van der Waals surface area contributed by atoms with Crippen molar-refractivity contribution in [1.82, 2.24) is 9.97 Å². The molecular weight excluding hydrogens is 261 g/mol. The van der Waals surface area contributed by atoms with Crippen molar-refractivity contribution in [2.45, 2.75) is 26.0 Å². The first-order chi connectivity index (χ1) is 9.67. The van der Waals surface area contributed by atoms with Crippen LogP contribution in [0.3, 0.4) is 0 Å². The van der Waals surface area contributed by atoms with Crippen molar-refractivity contribution in [2.24, 2.45) is 0 Å². The molecule has 0 saturated carbocycles. The molecular formula is C14H14FN3O2. The minimum atomic E-state index is -0.372. The Balaban J connectivity index is 1.90. The monoisotopic (exact) mass is 275 g/mol. The van der Waals surface area contributed by atoms with Crippen molar-refractivity contribution in [3.63, 3.8) is 0 Å². The third-order valence-electron chi connectivity index (χ3n) is 3.20. The highest BCUT2D eigenvalue weighted by atomic mass is 19.1. The van der Waals surface area contributed by atoms with E-state index in [4.69, 9.17) is 9.84 Å². The van der Waals surface area contributed by atoms with Crippen LogP contribution in [-0.4, -0.2) is 21.1 Å². The van der Waals surface area contributed by atoms with Crippen LogP contribution in [0.1, 0.15) is 18.2 Å². The molecule has 1 aliphatic rings. The van der Waals surface area contributed by atoms with Gasteiger partial charge in [-0.3, -0.25) is 0 Å². The van der Waals surface area contributed by atoms with Gasteiger partial charge in [-0.2, -0.15) is 0 Å². The lowest BCUT2D eigenvalue weighted by Gasteiger charge is -2.09. The predicted molar refractivity (Wildman–Crippen MR) is 71.2 cm³/mol. The number of anilines is 1. The van der Waals surface area contributed by atoms with Gasteiger partial charge in [0, 0.05) is 23.4 Å². The third kappa shape index (κ3) is 2.30. The Morgan fingerprint density at radius 2 is 2.30 bits per heavy atom. The van der Waals surface area contributed by atoms with Crippen LogP contribution < -0.4 is 10.1 Å². The van der Waals surface area contributed by atoms with Crippen LogP contribution in [0.2, 0.25) is 0 Å². The largest absolute Gasteiger partial charge is 0.436 e. The summed E-state index contributed by atoms with van der Waals surface area (Å²) in [6, 6.07) is 5.06. The molecule has 0 fully saturated rings. The van der Waals surface area contributed by atoms with E-state index in [0.717, 1.165) is 5.69 Å². The zero-order chi connectivity index (χ0) is 14.1. The molecule has 0 amide bonds. The van der Waals surface area contributed by atoms with Crippen molar-refractivity contribution >= 4 is 5.69 Å². The fraction of sp³-hybridized carbons (Fsp3) is 0.286. The fourth-order valence-corrected chi connectivity index (χ4v) is 2.27. The average molecular weight is 275 g/mol. The van der Waals surface area contributed by atoms with Gasteiger partial charge in [-0.1, -0.05) is 0 Å². The summed E-state index contributed by atoms with van der Waals surface area (Å²) in [5.74, 6) is -0.0346. The number of aliphatic hydroxyl groups excluding tert-OH is 1. The highest BCUT2D eigenvalue weighted by molar-refractivity contribution is 5.60. The minimum Gasteiger partial charge on any atom is -0.436 e. The molecule has 0 saturated heterocycles. The van der Waals surface area contributed by atoms with E-state index in [0.29, 0.717) is 17.7 Å². The van der Waals surface area contributed by atoms with Gasteiger partial charge in [0.25, 0.3) is 0 Å². The topological polar surface area (TPSA) is 67.3 Å². The van der Waals surface area contributed by atoms with Gasteiger partial charge >= 0.3 is 0 Å². The summed E-state index contributed by atoms with van der Waals surface area (Å²) >= 11 is 0. The van der Waals surface area contributed by atoms with Crippen molar-refractivity contribution < 1.29 is 14.2 Å². The average Bonchev–Trinajstić information content (AvgIpc) is 2.84. The van der Waals surface area contributed by atoms with E-state index in [9.17, 15) is 4.39 Å². The van der Waals surface area contributed by atoms with Crippen LogP contribution in [0.4, 0.5) is 10.1 Å². The molecule has 0 bridgehead atoms. The smallest absolute Gasteiger partial charge is 0.222 e. The van der Waals surface area contributed by atoms with Crippen molar-refractivity contribution in [1.29, 1.82) is 0 Å². The molecule has 1 aromatic heterocycles. The predicted octanol–water partition coefficient (Wildman–Crippen LogP) is 2.26. The first-order valence-corrected chi connectivity index (χ1v) is 6.35. The summed E-state index contributed by atoms with van der Waals surface area (Å²) in [7, 11) is 0. The number of hydrogen-bond donors (Lipinski definition) is 2. The number of benzene rings is 1. The molecule has 2 heterocycles. The summed E-state index contributed by atoms with van der Waals surface area (Å²) in [6.45, 7) is 1.78. The molecule has 5 nitrogen and oxygen atoms in total. The molecule has 0 spiro atoms. The van der Waals surface area contributed by atoms with Crippen LogP contribution >= 0.6 is 0 Å². The highest BCUT2D eigenvalue weighted by Gasteiger charge is 2.23. The SMILES string of the molecule is CC1Cc2c(ccc(Oc3cc(CO)ncn3)c2F)N1. The van der Waals surface area contributed by atoms with Gasteiger partial charge < -0.3 is 15.2 Å². The van der Waals surface area contributed by atoms with Gasteiger partial charge in [-0.25, -0.2) is 14.4 Å². The van der Waals surface area contributed by atoms with E-state index in [-0.39, 0.29) is 30.1 Å². The number of nitrogens with one attached hydrogen (secondary N) is 1. The van der Waals surface area contributed by atoms with Crippen molar-refractivity contribution in [2.75, 3.05) is 5.32 Å². The molecule has 0 radical (unpaired) electrons. The summed E-state index contributed by atoms with van der Waals surface area (Å²) in [6.07, 6.45) is 1.90. The summed E-state index contributed by atoms with van der Waals surface area (Å²) in [4.78, 5) is 7.75. The Kier molecular flexibility index (Phi) is 3.23. The number of nitrogens with zero attached hydrogens (tertiary/aromatic N) is 2. The number of halogens is 1. The Bertz CT molecular complexity index is 648. The van der Waals surface area contributed by atoms with Crippen LogP contribution in [0.25, 0.3) is 0 Å². The molecule has 1 aliphatic heterocycles. The zero-order valence-electron chi connectivity index (χ0n) is 10.9. The van der Waals surface area contributed by atoms with Crippen LogP contribution in [0.5, 0.6) is 11.6 Å². The zero-order valence-corrected chi connectivity index (χ0v) is 10.9.